The molecule has 0 spiro atoms. The zero-order valence-electron chi connectivity index (χ0n) is 14.6. The standard InChI is InChI=1S/C17H21N5O2/c1-11-12(2)20-22(13(11)3)9-17-19-18-10-21(17)15-8-14(23-4)6-7-16(15)24-5/h6-8,10H,9H2,1-5H3. The molecule has 0 amide bonds. The SMILES string of the molecule is COc1ccc(OC)c(-n2cnnc2Cn2nc(C)c(C)c2C)c1. The van der Waals surface area contributed by atoms with Gasteiger partial charge in [0.05, 0.1) is 25.6 Å². The molecule has 0 saturated heterocycles. The molecule has 0 unspecified atom stereocenters. The number of methoxy groups -OCH3 is 2. The minimum atomic E-state index is 0.529. The largest absolute Gasteiger partial charge is 0.497 e. The van der Waals surface area contributed by atoms with Crippen molar-refractivity contribution in [3.8, 4) is 17.2 Å². The van der Waals surface area contributed by atoms with Gasteiger partial charge < -0.3 is 9.47 Å². The highest BCUT2D eigenvalue weighted by atomic mass is 16.5. The minimum Gasteiger partial charge on any atom is -0.497 e. The summed E-state index contributed by atoms with van der Waals surface area (Å²) in [7, 11) is 3.27. The molecule has 0 aliphatic carbocycles. The lowest BCUT2D eigenvalue weighted by Gasteiger charge is -2.13. The lowest BCUT2D eigenvalue weighted by Crippen LogP contribution is -2.10. The quantitative estimate of drug-likeness (QED) is 0.720. The maximum atomic E-state index is 5.47. The van der Waals surface area contributed by atoms with Crippen molar-refractivity contribution in [2.45, 2.75) is 27.3 Å². The van der Waals surface area contributed by atoms with Crippen molar-refractivity contribution in [2.75, 3.05) is 14.2 Å². The molecule has 24 heavy (non-hydrogen) atoms. The van der Waals surface area contributed by atoms with Crippen LogP contribution in [0.5, 0.6) is 11.5 Å². The van der Waals surface area contributed by atoms with Gasteiger partial charge in [-0.3, -0.25) is 9.25 Å². The van der Waals surface area contributed by atoms with E-state index in [1.807, 2.05) is 34.4 Å². The summed E-state index contributed by atoms with van der Waals surface area (Å²) in [6.45, 7) is 6.67. The van der Waals surface area contributed by atoms with Crippen LogP contribution in [0, 0.1) is 20.8 Å². The van der Waals surface area contributed by atoms with Gasteiger partial charge in [-0.15, -0.1) is 10.2 Å². The van der Waals surface area contributed by atoms with Crippen LogP contribution in [-0.4, -0.2) is 38.8 Å². The van der Waals surface area contributed by atoms with E-state index in [1.165, 1.54) is 5.56 Å². The van der Waals surface area contributed by atoms with Crippen LogP contribution >= 0.6 is 0 Å². The Labute approximate surface area is 140 Å². The molecule has 0 radical (unpaired) electrons. The molecule has 0 atom stereocenters. The molecule has 2 heterocycles. The molecule has 1 aromatic carbocycles. The number of hydrogen-bond acceptors (Lipinski definition) is 5. The van der Waals surface area contributed by atoms with Gasteiger partial charge in [-0.2, -0.15) is 5.10 Å². The van der Waals surface area contributed by atoms with Crippen molar-refractivity contribution >= 4 is 0 Å². The molecule has 126 valence electrons. The van der Waals surface area contributed by atoms with Crippen molar-refractivity contribution < 1.29 is 9.47 Å². The minimum absolute atomic E-state index is 0.529. The normalized spacial score (nSPS) is 10.9. The second kappa shape index (κ2) is 6.35. The van der Waals surface area contributed by atoms with Crippen LogP contribution in [0.4, 0.5) is 0 Å². The smallest absolute Gasteiger partial charge is 0.159 e. The first-order valence-corrected chi connectivity index (χ1v) is 7.67. The van der Waals surface area contributed by atoms with E-state index in [2.05, 4.69) is 29.1 Å². The first-order chi connectivity index (χ1) is 11.5. The predicted molar refractivity (Wildman–Crippen MR) is 90.0 cm³/mol. The Morgan fingerprint density at radius 3 is 2.50 bits per heavy atom. The van der Waals surface area contributed by atoms with Crippen LogP contribution in [0.3, 0.4) is 0 Å². The van der Waals surface area contributed by atoms with Gasteiger partial charge in [0.2, 0.25) is 0 Å². The molecular weight excluding hydrogens is 306 g/mol. The molecule has 0 saturated carbocycles. The van der Waals surface area contributed by atoms with E-state index in [9.17, 15) is 0 Å². The molecule has 0 N–H and O–H groups in total. The summed E-state index contributed by atoms with van der Waals surface area (Å²) < 4.78 is 14.6. The van der Waals surface area contributed by atoms with Crippen molar-refractivity contribution in [1.82, 2.24) is 24.5 Å². The third-order valence-corrected chi connectivity index (χ3v) is 4.30. The maximum Gasteiger partial charge on any atom is 0.159 e. The van der Waals surface area contributed by atoms with E-state index in [0.717, 1.165) is 34.4 Å². The molecule has 7 heteroatoms. The first-order valence-electron chi connectivity index (χ1n) is 7.67. The van der Waals surface area contributed by atoms with Crippen LogP contribution in [0.15, 0.2) is 24.5 Å². The fourth-order valence-electron chi connectivity index (χ4n) is 2.63. The number of hydrogen-bond donors (Lipinski definition) is 0. The topological polar surface area (TPSA) is 67.0 Å². The second-order valence-corrected chi connectivity index (χ2v) is 5.61. The molecule has 3 rings (SSSR count). The summed E-state index contributed by atoms with van der Waals surface area (Å²) in [6.07, 6.45) is 1.67. The van der Waals surface area contributed by atoms with Crippen LogP contribution < -0.4 is 9.47 Å². The zero-order chi connectivity index (χ0) is 17.3. The van der Waals surface area contributed by atoms with Crippen molar-refractivity contribution in [3.63, 3.8) is 0 Å². The highest BCUT2D eigenvalue weighted by molar-refractivity contribution is 5.51. The fraction of sp³-hybridized carbons (Fsp3) is 0.353. The van der Waals surface area contributed by atoms with Gasteiger partial charge in [0, 0.05) is 11.8 Å². The average Bonchev–Trinajstić information content (AvgIpc) is 3.15. The summed E-state index contributed by atoms with van der Waals surface area (Å²) in [4.78, 5) is 0. The number of aromatic nitrogens is 5. The van der Waals surface area contributed by atoms with Gasteiger partial charge in [-0.1, -0.05) is 0 Å². The number of rotatable bonds is 5. The molecule has 0 aliphatic heterocycles. The molecule has 0 bridgehead atoms. The summed E-state index contributed by atoms with van der Waals surface area (Å²) in [5.41, 5.74) is 4.17. The van der Waals surface area contributed by atoms with E-state index in [-0.39, 0.29) is 0 Å². The van der Waals surface area contributed by atoms with Crippen molar-refractivity contribution in [2.24, 2.45) is 0 Å². The monoisotopic (exact) mass is 327 g/mol. The lowest BCUT2D eigenvalue weighted by atomic mass is 10.2. The summed E-state index contributed by atoms with van der Waals surface area (Å²) in [5.74, 6) is 2.24. The predicted octanol–water partition coefficient (Wildman–Crippen LogP) is 2.45. The van der Waals surface area contributed by atoms with Gasteiger partial charge >= 0.3 is 0 Å². The molecule has 7 nitrogen and oxygen atoms in total. The maximum absolute atomic E-state index is 5.47. The van der Waals surface area contributed by atoms with E-state index in [0.29, 0.717) is 6.54 Å². The van der Waals surface area contributed by atoms with Crippen LogP contribution in [0.1, 0.15) is 22.8 Å². The summed E-state index contributed by atoms with van der Waals surface area (Å²) >= 11 is 0. The van der Waals surface area contributed by atoms with Gasteiger partial charge in [0.1, 0.15) is 24.4 Å². The summed E-state index contributed by atoms with van der Waals surface area (Å²) in [5, 5.41) is 12.9. The number of aryl methyl sites for hydroxylation is 1. The van der Waals surface area contributed by atoms with E-state index in [1.54, 1.807) is 20.5 Å². The van der Waals surface area contributed by atoms with E-state index >= 15 is 0 Å². The Bertz CT molecular complexity index is 866. The Hall–Kier alpha value is -2.83. The molecule has 3 aromatic rings. The number of nitrogens with zero attached hydrogens (tertiary/aromatic N) is 5. The van der Waals surface area contributed by atoms with Crippen LogP contribution in [0.25, 0.3) is 5.69 Å². The lowest BCUT2D eigenvalue weighted by molar-refractivity contribution is 0.401. The Balaban J connectivity index is 2.03. The van der Waals surface area contributed by atoms with E-state index in [4.69, 9.17) is 9.47 Å². The average molecular weight is 327 g/mol. The number of ether oxygens (including phenoxy) is 2. The third kappa shape index (κ3) is 2.73. The Kier molecular flexibility index (Phi) is 4.24. The van der Waals surface area contributed by atoms with E-state index < -0.39 is 0 Å². The van der Waals surface area contributed by atoms with Crippen LogP contribution in [-0.2, 0) is 6.54 Å². The molecule has 0 fully saturated rings. The van der Waals surface area contributed by atoms with Gasteiger partial charge in [-0.25, -0.2) is 0 Å². The van der Waals surface area contributed by atoms with Crippen LogP contribution in [0.2, 0.25) is 0 Å². The van der Waals surface area contributed by atoms with Gasteiger partial charge in [0.25, 0.3) is 0 Å². The fourth-order valence-corrected chi connectivity index (χ4v) is 2.63. The Morgan fingerprint density at radius 1 is 1.08 bits per heavy atom. The van der Waals surface area contributed by atoms with Gasteiger partial charge in [0.15, 0.2) is 5.82 Å². The second-order valence-electron chi connectivity index (χ2n) is 5.61. The Morgan fingerprint density at radius 2 is 1.88 bits per heavy atom. The zero-order valence-corrected chi connectivity index (χ0v) is 14.6. The molecular formula is C17H21N5O2. The van der Waals surface area contributed by atoms with Crippen molar-refractivity contribution in [1.29, 1.82) is 0 Å². The molecule has 0 aliphatic rings. The number of benzene rings is 1. The molecule has 2 aromatic heterocycles. The third-order valence-electron chi connectivity index (χ3n) is 4.30. The van der Waals surface area contributed by atoms with Gasteiger partial charge in [-0.05, 0) is 38.5 Å². The summed E-state index contributed by atoms with van der Waals surface area (Å²) in [6, 6.07) is 5.63. The van der Waals surface area contributed by atoms with Crippen molar-refractivity contribution in [3.05, 3.63) is 47.3 Å². The first kappa shape index (κ1) is 16.0. The highest BCUT2D eigenvalue weighted by Crippen LogP contribution is 2.28. The highest BCUT2D eigenvalue weighted by Gasteiger charge is 2.15.